The summed E-state index contributed by atoms with van der Waals surface area (Å²) in [4.78, 5) is 13.4. The van der Waals surface area contributed by atoms with Crippen molar-refractivity contribution in [3.05, 3.63) is 78.0 Å². The van der Waals surface area contributed by atoms with Crippen LogP contribution in [0.3, 0.4) is 0 Å². The molecular weight excluding hydrogens is 338 g/mol. The van der Waals surface area contributed by atoms with Crippen molar-refractivity contribution in [1.82, 2.24) is 9.99 Å². The molecule has 1 N–H and O–H groups in total. The fourth-order valence-corrected chi connectivity index (χ4v) is 3.31. The van der Waals surface area contributed by atoms with Gasteiger partial charge in [0.1, 0.15) is 5.75 Å². The van der Waals surface area contributed by atoms with Crippen molar-refractivity contribution in [1.29, 1.82) is 0 Å². The Morgan fingerprint density at radius 3 is 2.70 bits per heavy atom. The Labute approximate surface area is 156 Å². The van der Waals surface area contributed by atoms with Gasteiger partial charge in [-0.15, -0.1) is 0 Å². The average Bonchev–Trinajstić information content (AvgIpc) is 3.09. The highest BCUT2D eigenvalue weighted by molar-refractivity contribution is 6.13. The van der Waals surface area contributed by atoms with Gasteiger partial charge in [0.2, 0.25) is 0 Å². The van der Waals surface area contributed by atoms with Gasteiger partial charge in [0.15, 0.2) is 0 Å². The molecule has 0 saturated carbocycles. The number of carbonyl (C=O) groups is 1. The van der Waals surface area contributed by atoms with E-state index in [-0.39, 0.29) is 5.91 Å². The predicted molar refractivity (Wildman–Crippen MR) is 109 cm³/mol. The smallest absolute Gasteiger partial charge is 0.263 e. The summed E-state index contributed by atoms with van der Waals surface area (Å²) in [6.45, 7) is 0. The number of ether oxygens (including phenoxy) is 1. The normalized spacial score (nSPS) is 11.3. The Bertz CT molecular complexity index is 1170. The van der Waals surface area contributed by atoms with Crippen molar-refractivity contribution < 1.29 is 9.53 Å². The second kappa shape index (κ2) is 6.96. The van der Waals surface area contributed by atoms with E-state index < -0.39 is 0 Å². The van der Waals surface area contributed by atoms with Gasteiger partial charge in [0.05, 0.1) is 18.8 Å². The molecule has 134 valence electrons. The van der Waals surface area contributed by atoms with Crippen molar-refractivity contribution in [2.75, 3.05) is 14.2 Å². The van der Waals surface area contributed by atoms with Crippen LogP contribution in [-0.4, -0.2) is 30.8 Å². The molecule has 0 spiro atoms. The van der Waals surface area contributed by atoms with Crippen LogP contribution in [0, 0.1) is 0 Å². The molecule has 0 radical (unpaired) electrons. The number of aromatic nitrogens is 1. The summed E-state index contributed by atoms with van der Waals surface area (Å²) in [5, 5.41) is 6.98. The first-order chi connectivity index (χ1) is 13.2. The topological polar surface area (TPSA) is 55.6 Å². The standard InChI is InChI=1S/C22H19N3O2/c1-23-24-13-16-14-25(21-11-10-17(27-2)12-20(16)21)22(26)19-9-5-7-15-6-3-4-8-18(15)19/h3-14,23H,1-2H3/b24-13+. The van der Waals surface area contributed by atoms with Crippen LogP contribution in [0.1, 0.15) is 15.9 Å². The molecule has 0 unspecified atom stereocenters. The number of hydrogen-bond acceptors (Lipinski definition) is 4. The van der Waals surface area contributed by atoms with Crippen LogP contribution in [0.15, 0.2) is 72.0 Å². The van der Waals surface area contributed by atoms with Gasteiger partial charge < -0.3 is 10.2 Å². The van der Waals surface area contributed by atoms with Gasteiger partial charge in [0.25, 0.3) is 5.91 Å². The van der Waals surface area contributed by atoms with Crippen LogP contribution in [0.5, 0.6) is 5.75 Å². The number of nitrogens with one attached hydrogen (secondary N) is 1. The lowest BCUT2D eigenvalue weighted by Crippen LogP contribution is -2.11. The molecular formula is C22H19N3O2. The fraction of sp³-hybridized carbons (Fsp3) is 0.0909. The molecule has 4 rings (SSSR count). The monoisotopic (exact) mass is 357 g/mol. The summed E-state index contributed by atoms with van der Waals surface area (Å²) < 4.78 is 7.01. The summed E-state index contributed by atoms with van der Waals surface area (Å²) >= 11 is 0. The second-order valence-corrected chi connectivity index (χ2v) is 6.15. The maximum absolute atomic E-state index is 13.4. The summed E-state index contributed by atoms with van der Waals surface area (Å²) in [6, 6.07) is 19.4. The molecule has 0 fully saturated rings. The van der Waals surface area contributed by atoms with Crippen molar-refractivity contribution >= 4 is 33.8 Å². The molecule has 1 heterocycles. The summed E-state index contributed by atoms with van der Waals surface area (Å²) in [5.74, 6) is 0.656. The zero-order valence-corrected chi connectivity index (χ0v) is 15.1. The van der Waals surface area contributed by atoms with Crippen LogP contribution in [-0.2, 0) is 0 Å². The van der Waals surface area contributed by atoms with E-state index in [1.165, 1.54) is 0 Å². The first-order valence-corrected chi connectivity index (χ1v) is 8.64. The molecule has 0 bridgehead atoms. The van der Waals surface area contributed by atoms with E-state index in [4.69, 9.17) is 4.74 Å². The predicted octanol–water partition coefficient (Wildman–Crippen LogP) is 4.04. The third-order valence-electron chi connectivity index (χ3n) is 4.61. The van der Waals surface area contributed by atoms with E-state index in [9.17, 15) is 4.79 Å². The SMILES string of the molecule is CN/N=C/c1cn(C(=O)c2cccc3ccccc23)c2ccc(OC)cc12. The van der Waals surface area contributed by atoms with Crippen LogP contribution in [0.25, 0.3) is 21.7 Å². The zero-order valence-electron chi connectivity index (χ0n) is 15.1. The van der Waals surface area contributed by atoms with Gasteiger partial charge in [-0.1, -0.05) is 36.4 Å². The Morgan fingerprint density at radius 1 is 1.07 bits per heavy atom. The fourth-order valence-electron chi connectivity index (χ4n) is 3.31. The molecule has 27 heavy (non-hydrogen) atoms. The molecule has 4 aromatic rings. The highest BCUT2D eigenvalue weighted by Crippen LogP contribution is 2.27. The first kappa shape index (κ1) is 16.8. The lowest BCUT2D eigenvalue weighted by Gasteiger charge is -2.08. The number of nitrogens with zero attached hydrogens (tertiary/aromatic N) is 2. The maximum atomic E-state index is 13.4. The molecule has 0 aliphatic rings. The number of methoxy groups -OCH3 is 1. The molecule has 0 aliphatic heterocycles. The van der Waals surface area contributed by atoms with Crippen molar-refractivity contribution in [2.45, 2.75) is 0 Å². The van der Waals surface area contributed by atoms with Crippen LogP contribution < -0.4 is 10.2 Å². The Balaban J connectivity index is 1.92. The third-order valence-corrected chi connectivity index (χ3v) is 4.61. The van der Waals surface area contributed by atoms with Gasteiger partial charge in [-0.2, -0.15) is 5.10 Å². The molecule has 0 amide bonds. The number of rotatable bonds is 4. The van der Waals surface area contributed by atoms with E-state index in [0.29, 0.717) is 5.56 Å². The summed E-state index contributed by atoms with van der Waals surface area (Å²) in [7, 11) is 3.36. The molecule has 5 heteroatoms. The van der Waals surface area contributed by atoms with Gasteiger partial charge in [-0.3, -0.25) is 9.36 Å². The highest BCUT2D eigenvalue weighted by atomic mass is 16.5. The summed E-state index contributed by atoms with van der Waals surface area (Å²) in [5.41, 5.74) is 5.06. The quantitative estimate of drug-likeness (QED) is 0.443. The Hall–Kier alpha value is -3.60. The van der Waals surface area contributed by atoms with Crippen LogP contribution in [0.4, 0.5) is 0 Å². The minimum absolute atomic E-state index is 0.0777. The lowest BCUT2D eigenvalue weighted by atomic mass is 10.0. The van der Waals surface area contributed by atoms with Gasteiger partial charge >= 0.3 is 0 Å². The molecule has 0 atom stereocenters. The summed E-state index contributed by atoms with van der Waals surface area (Å²) in [6.07, 6.45) is 3.52. The molecule has 0 saturated heterocycles. The maximum Gasteiger partial charge on any atom is 0.263 e. The number of fused-ring (bicyclic) bond motifs is 2. The van der Waals surface area contributed by atoms with E-state index in [1.807, 2.05) is 66.9 Å². The third kappa shape index (κ3) is 2.93. The van der Waals surface area contributed by atoms with Crippen molar-refractivity contribution in [3.63, 3.8) is 0 Å². The minimum Gasteiger partial charge on any atom is -0.497 e. The van der Waals surface area contributed by atoms with E-state index in [0.717, 1.165) is 33.0 Å². The molecule has 1 aromatic heterocycles. The lowest BCUT2D eigenvalue weighted by molar-refractivity contribution is 0.0966. The number of benzene rings is 3. The Kier molecular flexibility index (Phi) is 4.34. The van der Waals surface area contributed by atoms with Crippen molar-refractivity contribution in [3.8, 4) is 5.75 Å². The van der Waals surface area contributed by atoms with E-state index >= 15 is 0 Å². The Morgan fingerprint density at radius 2 is 1.89 bits per heavy atom. The van der Waals surface area contributed by atoms with Gasteiger partial charge in [-0.05, 0) is 35.0 Å². The number of carbonyl (C=O) groups excluding carboxylic acids is 1. The highest BCUT2D eigenvalue weighted by Gasteiger charge is 2.17. The second-order valence-electron chi connectivity index (χ2n) is 6.15. The molecule has 3 aromatic carbocycles. The first-order valence-electron chi connectivity index (χ1n) is 8.64. The van der Waals surface area contributed by atoms with Crippen LogP contribution >= 0.6 is 0 Å². The van der Waals surface area contributed by atoms with E-state index in [1.54, 1.807) is 24.9 Å². The molecule has 5 nitrogen and oxygen atoms in total. The van der Waals surface area contributed by atoms with Crippen molar-refractivity contribution in [2.24, 2.45) is 5.10 Å². The van der Waals surface area contributed by atoms with Gasteiger partial charge in [-0.25, -0.2) is 0 Å². The molecule has 0 aliphatic carbocycles. The largest absolute Gasteiger partial charge is 0.497 e. The van der Waals surface area contributed by atoms with Crippen LogP contribution in [0.2, 0.25) is 0 Å². The minimum atomic E-state index is -0.0777. The zero-order chi connectivity index (χ0) is 18.8. The van der Waals surface area contributed by atoms with E-state index in [2.05, 4.69) is 10.5 Å². The number of hydrogen-bond donors (Lipinski definition) is 1. The number of hydrazone groups is 1. The average molecular weight is 357 g/mol. The van der Waals surface area contributed by atoms with Gasteiger partial charge in [0, 0.05) is 29.8 Å².